The summed E-state index contributed by atoms with van der Waals surface area (Å²) in [7, 11) is 0. The van der Waals surface area contributed by atoms with E-state index in [0.29, 0.717) is 0 Å². The molecule has 0 radical (unpaired) electrons. The van der Waals surface area contributed by atoms with Crippen LogP contribution >= 0.6 is 0 Å². The van der Waals surface area contributed by atoms with E-state index in [1.807, 2.05) is 0 Å². The highest BCUT2D eigenvalue weighted by atomic mass is 15.3. The van der Waals surface area contributed by atoms with Gasteiger partial charge in [0.05, 0.1) is 0 Å². The van der Waals surface area contributed by atoms with Gasteiger partial charge >= 0.3 is 0 Å². The van der Waals surface area contributed by atoms with E-state index in [-0.39, 0.29) is 0 Å². The van der Waals surface area contributed by atoms with Crippen LogP contribution in [0.1, 0.15) is 38.5 Å². The zero-order valence-electron chi connectivity index (χ0n) is 11.0. The average Bonchev–Trinajstić information content (AvgIpc) is 2.67. The minimum atomic E-state index is 0.792. The van der Waals surface area contributed by atoms with Crippen LogP contribution in [0.15, 0.2) is 0 Å². The number of fused-ring (bicyclic) bond motifs is 1. The molecule has 1 N–H and O–H groups in total. The maximum absolute atomic E-state index is 3.55. The van der Waals surface area contributed by atoms with Crippen LogP contribution in [-0.4, -0.2) is 61.2 Å². The van der Waals surface area contributed by atoms with Crippen LogP contribution in [-0.2, 0) is 0 Å². The molecule has 1 atom stereocenters. The Labute approximate surface area is 106 Å². The lowest BCUT2D eigenvalue weighted by Crippen LogP contribution is -2.62. The van der Waals surface area contributed by atoms with Gasteiger partial charge in [0.1, 0.15) is 0 Å². The average molecular weight is 237 g/mol. The first kappa shape index (κ1) is 11.9. The molecule has 3 rings (SSSR count). The van der Waals surface area contributed by atoms with E-state index in [2.05, 4.69) is 15.1 Å². The number of hydrogen-bond donors (Lipinski definition) is 1. The molecule has 0 spiro atoms. The molecule has 2 heterocycles. The predicted molar refractivity (Wildman–Crippen MR) is 71.3 cm³/mol. The second-order valence-corrected chi connectivity index (χ2v) is 6.03. The van der Waals surface area contributed by atoms with Crippen molar-refractivity contribution in [1.29, 1.82) is 0 Å². The van der Waals surface area contributed by atoms with Gasteiger partial charge in [-0.2, -0.15) is 0 Å². The maximum Gasteiger partial charge on any atom is 0.0349 e. The summed E-state index contributed by atoms with van der Waals surface area (Å²) in [6, 6.07) is 1.70. The molecule has 0 amide bonds. The molecule has 3 fully saturated rings. The third kappa shape index (κ3) is 2.83. The van der Waals surface area contributed by atoms with Gasteiger partial charge < -0.3 is 5.32 Å². The van der Waals surface area contributed by atoms with Crippen molar-refractivity contribution in [3.8, 4) is 0 Å². The Morgan fingerprint density at radius 2 is 1.53 bits per heavy atom. The van der Waals surface area contributed by atoms with Gasteiger partial charge in [-0.3, -0.25) is 9.80 Å². The monoisotopic (exact) mass is 237 g/mol. The fourth-order valence-electron chi connectivity index (χ4n) is 3.85. The highest BCUT2D eigenvalue weighted by molar-refractivity contribution is 4.89. The van der Waals surface area contributed by atoms with Crippen LogP contribution in [0.5, 0.6) is 0 Å². The van der Waals surface area contributed by atoms with Crippen LogP contribution in [0.25, 0.3) is 0 Å². The molecule has 98 valence electrons. The Kier molecular flexibility index (Phi) is 3.99. The smallest absolute Gasteiger partial charge is 0.0349 e. The Bertz CT molecular complexity index is 236. The van der Waals surface area contributed by atoms with Crippen molar-refractivity contribution in [3.05, 3.63) is 0 Å². The van der Waals surface area contributed by atoms with E-state index in [0.717, 1.165) is 12.1 Å². The van der Waals surface area contributed by atoms with Crippen molar-refractivity contribution in [3.63, 3.8) is 0 Å². The SMILES string of the molecule is C1CCCC(N2CCN3CCNCC3C2)CC1. The summed E-state index contributed by atoms with van der Waals surface area (Å²) in [6.45, 7) is 7.62. The summed E-state index contributed by atoms with van der Waals surface area (Å²) in [5.74, 6) is 0. The van der Waals surface area contributed by atoms with Gasteiger partial charge in [0.15, 0.2) is 0 Å². The van der Waals surface area contributed by atoms with E-state index >= 15 is 0 Å². The summed E-state index contributed by atoms with van der Waals surface area (Å²) in [5.41, 5.74) is 0. The minimum absolute atomic E-state index is 0.792. The second-order valence-electron chi connectivity index (χ2n) is 6.03. The zero-order valence-corrected chi connectivity index (χ0v) is 11.0. The highest BCUT2D eigenvalue weighted by Gasteiger charge is 2.31. The first-order chi connectivity index (χ1) is 8.43. The normalized spacial score (nSPS) is 34.2. The first-order valence-electron chi connectivity index (χ1n) is 7.62. The fraction of sp³-hybridized carbons (Fsp3) is 1.00. The van der Waals surface area contributed by atoms with Crippen molar-refractivity contribution >= 4 is 0 Å². The molecule has 3 aliphatic rings. The van der Waals surface area contributed by atoms with Gasteiger partial charge in [-0.05, 0) is 12.8 Å². The largest absolute Gasteiger partial charge is 0.314 e. The molecule has 3 nitrogen and oxygen atoms in total. The predicted octanol–water partition coefficient (Wildman–Crippen LogP) is 1.30. The standard InChI is InChI=1S/C14H27N3/c1-2-4-6-13(5-3-1)17-10-9-16-8-7-15-11-14(16)12-17/h13-15H,1-12H2. The van der Waals surface area contributed by atoms with Gasteiger partial charge in [0.2, 0.25) is 0 Å². The molecule has 3 heteroatoms. The summed E-state index contributed by atoms with van der Waals surface area (Å²) in [6.07, 6.45) is 8.80. The summed E-state index contributed by atoms with van der Waals surface area (Å²) in [5, 5.41) is 3.55. The van der Waals surface area contributed by atoms with Crippen molar-refractivity contribution in [2.24, 2.45) is 0 Å². The number of rotatable bonds is 1. The van der Waals surface area contributed by atoms with Crippen molar-refractivity contribution in [1.82, 2.24) is 15.1 Å². The van der Waals surface area contributed by atoms with E-state index in [1.54, 1.807) is 0 Å². The van der Waals surface area contributed by atoms with Gasteiger partial charge in [-0.1, -0.05) is 25.7 Å². The highest BCUT2D eigenvalue weighted by Crippen LogP contribution is 2.24. The van der Waals surface area contributed by atoms with Crippen LogP contribution in [0, 0.1) is 0 Å². The minimum Gasteiger partial charge on any atom is -0.314 e. The van der Waals surface area contributed by atoms with Crippen LogP contribution < -0.4 is 5.32 Å². The lowest BCUT2D eigenvalue weighted by molar-refractivity contribution is 0.0309. The molecule has 1 aliphatic carbocycles. The van der Waals surface area contributed by atoms with E-state index in [9.17, 15) is 0 Å². The number of hydrogen-bond acceptors (Lipinski definition) is 3. The lowest BCUT2D eigenvalue weighted by Gasteiger charge is -2.46. The molecule has 0 aromatic carbocycles. The maximum atomic E-state index is 3.55. The van der Waals surface area contributed by atoms with Gasteiger partial charge in [0, 0.05) is 51.4 Å². The molecule has 0 aromatic rings. The number of nitrogens with zero attached hydrogens (tertiary/aromatic N) is 2. The summed E-state index contributed by atoms with van der Waals surface area (Å²) < 4.78 is 0. The molecule has 1 saturated carbocycles. The number of piperazine rings is 2. The molecule has 2 saturated heterocycles. The quantitative estimate of drug-likeness (QED) is 0.694. The van der Waals surface area contributed by atoms with Crippen molar-refractivity contribution in [2.45, 2.75) is 50.6 Å². The van der Waals surface area contributed by atoms with Crippen molar-refractivity contribution < 1.29 is 0 Å². The third-order valence-electron chi connectivity index (χ3n) is 4.93. The number of nitrogens with one attached hydrogen (secondary N) is 1. The Hall–Kier alpha value is -0.120. The van der Waals surface area contributed by atoms with Gasteiger partial charge in [-0.25, -0.2) is 0 Å². The topological polar surface area (TPSA) is 18.5 Å². The zero-order chi connectivity index (χ0) is 11.5. The van der Waals surface area contributed by atoms with Crippen LogP contribution in [0.4, 0.5) is 0 Å². The van der Waals surface area contributed by atoms with Crippen LogP contribution in [0.2, 0.25) is 0 Å². The third-order valence-corrected chi connectivity index (χ3v) is 4.93. The Morgan fingerprint density at radius 3 is 2.35 bits per heavy atom. The molecular formula is C14H27N3. The molecular weight excluding hydrogens is 210 g/mol. The molecule has 0 bridgehead atoms. The molecule has 17 heavy (non-hydrogen) atoms. The Balaban J connectivity index is 1.57. The van der Waals surface area contributed by atoms with E-state index in [4.69, 9.17) is 0 Å². The molecule has 1 unspecified atom stereocenters. The van der Waals surface area contributed by atoms with Gasteiger partial charge in [0.25, 0.3) is 0 Å². The van der Waals surface area contributed by atoms with Gasteiger partial charge in [-0.15, -0.1) is 0 Å². The summed E-state index contributed by atoms with van der Waals surface area (Å²) in [4.78, 5) is 5.50. The first-order valence-corrected chi connectivity index (χ1v) is 7.62. The Morgan fingerprint density at radius 1 is 0.765 bits per heavy atom. The lowest BCUT2D eigenvalue weighted by atomic mass is 10.0. The van der Waals surface area contributed by atoms with Crippen molar-refractivity contribution in [2.75, 3.05) is 39.3 Å². The van der Waals surface area contributed by atoms with Crippen LogP contribution in [0.3, 0.4) is 0 Å². The van der Waals surface area contributed by atoms with E-state index in [1.165, 1.54) is 77.8 Å². The second kappa shape index (κ2) is 5.68. The molecule has 0 aromatic heterocycles. The fourth-order valence-corrected chi connectivity index (χ4v) is 3.85. The molecule has 2 aliphatic heterocycles. The van der Waals surface area contributed by atoms with E-state index < -0.39 is 0 Å². The summed E-state index contributed by atoms with van der Waals surface area (Å²) >= 11 is 0.